The van der Waals surface area contributed by atoms with Crippen molar-refractivity contribution in [2.24, 2.45) is 0 Å². The minimum atomic E-state index is -0.188. The molecule has 1 aliphatic heterocycles. The van der Waals surface area contributed by atoms with Gasteiger partial charge in [-0.2, -0.15) is 0 Å². The van der Waals surface area contributed by atoms with Gasteiger partial charge in [-0.15, -0.1) is 0 Å². The normalized spacial score (nSPS) is 24.2. The molecule has 0 aromatic carbocycles. The van der Waals surface area contributed by atoms with E-state index in [2.05, 4.69) is 26.0 Å². The highest BCUT2D eigenvalue weighted by Gasteiger charge is 2.09. The molecule has 0 spiro atoms. The highest BCUT2D eigenvalue weighted by molar-refractivity contribution is 5.07. The maximum absolute atomic E-state index is 9.53. The lowest BCUT2D eigenvalue weighted by Crippen LogP contribution is -2.15. The van der Waals surface area contributed by atoms with Gasteiger partial charge in [-0.1, -0.05) is 37.1 Å². The van der Waals surface area contributed by atoms with Crippen molar-refractivity contribution >= 4 is 0 Å². The van der Waals surface area contributed by atoms with Gasteiger partial charge in [-0.3, -0.25) is 0 Å². The van der Waals surface area contributed by atoms with Crippen molar-refractivity contribution in [3.05, 3.63) is 23.8 Å². The molecule has 0 radical (unpaired) electrons. The quantitative estimate of drug-likeness (QED) is 0.707. The standard InChI is InChI=1S/C13H22O2/c1-3-5-12(14)6-4-7-13-10-11(2)8-9-15-13/h4,7-8,12-14H,3,5-6,9-10H2,1-2H3/b7-4+. The van der Waals surface area contributed by atoms with Gasteiger partial charge >= 0.3 is 0 Å². The summed E-state index contributed by atoms with van der Waals surface area (Å²) in [6.07, 6.45) is 9.92. The zero-order valence-electron chi connectivity index (χ0n) is 9.78. The van der Waals surface area contributed by atoms with Crippen molar-refractivity contribution in [3.8, 4) is 0 Å². The molecule has 1 aliphatic rings. The second kappa shape index (κ2) is 6.81. The lowest BCUT2D eigenvalue weighted by molar-refractivity contribution is 0.0981. The largest absolute Gasteiger partial charge is 0.393 e. The third kappa shape index (κ3) is 5.14. The van der Waals surface area contributed by atoms with Gasteiger partial charge in [0.1, 0.15) is 0 Å². The summed E-state index contributed by atoms with van der Waals surface area (Å²) >= 11 is 0. The van der Waals surface area contributed by atoms with Crippen molar-refractivity contribution in [1.29, 1.82) is 0 Å². The monoisotopic (exact) mass is 210 g/mol. The van der Waals surface area contributed by atoms with E-state index in [1.54, 1.807) is 0 Å². The fourth-order valence-electron chi connectivity index (χ4n) is 1.74. The highest BCUT2D eigenvalue weighted by atomic mass is 16.5. The second-order valence-corrected chi connectivity index (χ2v) is 4.23. The van der Waals surface area contributed by atoms with Crippen LogP contribution < -0.4 is 0 Å². The highest BCUT2D eigenvalue weighted by Crippen LogP contribution is 2.15. The van der Waals surface area contributed by atoms with Gasteiger partial charge in [-0.25, -0.2) is 0 Å². The Hall–Kier alpha value is -0.600. The molecule has 15 heavy (non-hydrogen) atoms. The topological polar surface area (TPSA) is 29.5 Å². The molecule has 2 heteroatoms. The number of hydrogen-bond donors (Lipinski definition) is 1. The molecule has 2 unspecified atom stereocenters. The van der Waals surface area contributed by atoms with E-state index in [1.807, 2.05) is 6.08 Å². The van der Waals surface area contributed by atoms with Gasteiger partial charge in [0, 0.05) is 0 Å². The number of rotatable bonds is 5. The van der Waals surface area contributed by atoms with Gasteiger partial charge in [0.25, 0.3) is 0 Å². The predicted octanol–water partition coefficient (Wildman–Crippen LogP) is 2.83. The summed E-state index contributed by atoms with van der Waals surface area (Å²) in [5.74, 6) is 0. The smallest absolute Gasteiger partial charge is 0.0797 e. The summed E-state index contributed by atoms with van der Waals surface area (Å²) in [7, 11) is 0. The van der Waals surface area contributed by atoms with Crippen LogP contribution >= 0.6 is 0 Å². The zero-order chi connectivity index (χ0) is 11.1. The van der Waals surface area contributed by atoms with Gasteiger partial charge in [0.05, 0.1) is 18.8 Å². The van der Waals surface area contributed by atoms with Gasteiger partial charge in [0.2, 0.25) is 0 Å². The fourth-order valence-corrected chi connectivity index (χ4v) is 1.74. The van der Waals surface area contributed by atoms with Crippen molar-refractivity contribution in [1.82, 2.24) is 0 Å². The summed E-state index contributed by atoms with van der Waals surface area (Å²) in [5, 5.41) is 9.53. The van der Waals surface area contributed by atoms with E-state index < -0.39 is 0 Å². The Labute approximate surface area is 92.6 Å². The Morgan fingerprint density at radius 1 is 1.67 bits per heavy atom. The summed E-state index contributed by atoms with van der Waals surface area (Å²) < 4.78 is 5.55. The molecule has 0 saturated carbocycles. The minimum Gasteiger partial charge on any atom is -0.393 e. The van der Waals surface area contributed by atoms with Crippen LogP contribution in [0.2, 0.25) is 0 Å². The maximum Gasteiger partial charge on any atom is 0.0797 e. The van der Waals surface area contributed by atoms with Crippen molar-refractivity contribution < 1.29 is 9.84 Å². The van der Waals surface area contributed by atoms with Crippen LogP contribution in [0.25, 0.3) is 0 Å². The fraction of sp³-hybridized carbons (Fsp3) is 0.692. The van der Waals surface area contributed by atoms with Crippen LogP contribution in [-0.4, -0.2) is 23.9 Å². The summed E-state index contributed by atoms with van der Waals surface area (Å²) in [6, 6.07) is 0. The van der Waals surface area contributed by atoms with Crippen LogP contribution in [-0.2, 0) is 4.74 Å². The molecule has 1 N–H and O–H groups in total. The third-order valence-electron chi connectivity index (χ3n) is 2.65. The van der Waals surface area contributed by atoms with E-state index in [-0.39, 0.29) is 12.2 Å². The van der Waals surface area contributed by atoms with Gasteiger partial charge < -0.3 is 9.84 Å². The number of aliphatic hydroxyl groups is 1. The molecule has 2 nitrogen and oxygen atoms in total. The maximum atomic E-state index is 9.53. The van der Waals surface area contributed by atoms with Crippen molar-refractivity contribution in [2.75, 3.05) is 6.61 Å². The van der Waals surface area contributed by atoms with Crippen molar-refractivity contribution in [3.63, 3.8) is 0 Å². The van der Waals surface area contributed by atoms with E-state index in [9.17, 15) is 5.11 Å². The molecular formula is C13H22O2. The van der Waals surface area contributed by atoms with Gasteiger partial charge in [-0.05, 0) is 26.2 Å². The number of ether oxygens (including phenoxy) is 1. The van der Waals surface area contributed by atoms with Crippen LogP contribution in [0, 0.1) is 0 Å². The molecule has 1 heterocycles. The molecule has 0 aliphatic carbocycles. The third-order valence-corrected chi connectivity index (χ3v) is 2.65. The first-order valence-corrected chi connectivity index (χ1v) is 5.84. The molecule has 0 amide bonds. The first-order chi connectivity index (χ1) is 7.22. The van der Waals surface area contributed by atoms with Crippen LogP contribution in [0.1, 0.15) is 39.5 Å². The molecule has 0 aromatic heterocycles. The van der Waals surface area contributed by atoms with E-state index in [4.69, 9.17) is 4.74 Å². The molecule has 2 atom stereocenters. The Balaban J connectivity index is 2.23. The Morgan fingerprint density at radius 3 is 3.13 bits per heavy atom. The summed E-state index contributed by atoms with van der Waals surface area (Å²) in [4.78, 5) is 0. The van der Waals surface area contributed by atoms with Crippen LogP contribution in [0.4, 0.5) is 0 Å². The first-order valence-electron chi connectivity index (χ1n) is 5.84. The molecule has 0 aromatic rings. The van der Waals surface area contributed by atoms with E-state index in [1.165, 1.54) is 5.57 Å². The van der Waals surface area contributed by atoms with E-state index >= 15 is 0 Å². The zero-order valence-corrected chi connectivity index (χ0v) is 9.78. The van der Waals surface area contributed by atoms with E-state index in [0.29, 0.717) is 0 Å². The summed E-state index contributed by atoms with van der Waals surface area (Å²) in [5.41, 5.74) is 1.39. The lowest BCUT2D eigenvalue weighted by atomic mass is 10.1. The van der Waals surface area contributed by atoms with E-state index in [0.717, 1.165) is 32.3 Å². The summed E-state index contributed by atoms with van der Waals surface area (Å²) in [6.45, 7) is 4.94. The molecule has 0 fully saturated rings. The average molecular weight is 210 g/mol. The second-order valence-electron chi connectivity index (χ2n) is 4.23. The lowest BCUT2D eigenvalue weighted by Gasteiger charge is -2.18. The van der Waals surface area contributed by atoms with Crippen LogP contribution in [0.15, 0.2) is 23.8 Å². The molecular weight excluding hydrogens is 188 g/mol. The molecule has 1 rings (SSSR count). The Kier molecular flexibility index (Phi) is 5.66. The van der Waals surface area contributed by atoms with Gasteiger partial charge in [0.15, 0.2) is 0 Å². The average Bonchev–Trinajstić information content (AvgIpc) is 2.18. The molecule has 0 saturated heterocycles. The predicted molar refractivity (Wildman–Crippen MR) is 62.8 cm³/mol. The number of hydrogen-bond acceptors (Lipinski definition) is 2. The SMILES string of the molecule is CCCC(O)C/C=C/C1CC(C)=CCO1. The Morgan fingerprint density at radius 2 is 2.47 bits per heavy atom. The Bertz CT molecular complexity index is 231. The van der Waals surface area contributed by atoms with Crippen LogP contribution in [0.3, 0.4) is 0 Å². The van der Waals surface area contributed by atoms with Crippen molar-refractivity contribution in [2.45, 2.75) is 51.7 Å². The first kappa shape index (κ1) is 12.5. The van der Waals surface area contributed by atoms with Crippen LogP contribution in [0.5, 0.6) is 0 Å². The minimum absolute atomic E-state index is 0.188. The number of aliphatic hydroxyl groups excluding tert-OH is 1. The molecule has 86 valence electrons. The molecule has 0 bridgehead atoms.